The predicted molar refractivity (Wildman–Crippen MR) is 110 cm³/mol. The van der Waals surface area contributed by atoms with E-state index in [1.54, 1.807) is 12.1 Å². The molecule has 8 heteroatoms. The van der Waals surface area contributed by atoms with Crippen LogP contribution in [0.3, 0.4) is 0 Å². The number of thioether (sulfide) groups is 1. The third kappa shape index (κ3) is 5.07. The van der Waals surface area contributed by atoms with Gasteiger partial charge in [0.1, 0.15) is 5.82 Å². The Kier molecular flexibility index (Phi) is 6.97. The van der Waals surface area contributed by atoms with Crippen LogP contribution in [0.2, 0.25) is 0 Å². The van der Waals surface area contributed by atoms with Crippen molar-refractivity contribution in [2.75, 3.05) is 24.3 Å². The summed E-state index contributed by atoms with van der Waals surface area (Å²) < 4.78 is 13.2. The Hall–Kier alpha value is -2.48. The van der Waals surface area contributed by atoms with Crippen LogP contribution >= 0.6 is 11.8 Å². The van der Waals surface area contributed by atoms with Crippen LogP contribution in [-0.2, 0) is 11.3 Å². The number of anilines is 1. The van der Waals surface area contributed by atoms with Gasteiger partial charge in [0.15, 0.2) is 16.7 Å². The van der Waals surface area contributed by atoms with E-state index in [2.05, 4.69) is 22.1 Å². The SMILES string of the molecule is C=CCn1c(SCC(=O)Nc2ccc(OCC)c(OCC)c2)nnc1C1CC1. The normalized spacial score (nSPS) is 13.2. The molecule has 0 unspecified atom stereocenters. The van der Waals surface area contributed by atoms with E-state index in [-0.39, 0.29) is 11.7 Å². The average molecular weight is 403 g/mol. The molecule has 150 valence electrons. The molecule has 1 saturated carbocycles. The summed E-state index contributed by atoms with van der Waals surface area (Å²) in [7, 11) is 0. The molecule has 0 bridgehead atoms. The number of nitrogens with zero attached hydrogens (tertiary/aromatic N) is 3. The van der Waals surface area contributed by atoms with Gasteiger partial charge < -0.3 is 19.4 Å². The predicted octanol–water partition coefficient (Wildman–Crippen LogP) is 3.87. The Labute approximate surface area is 169 Å². The maximum absolute atomic E-state index is 12.4. The fourth-order valence-electron chi connectivity index (χ4n) is 2.81. The summed E-state index contributed by atoms with van der Waals surface area (Å²) in [5.74, 6) is 2.92. The lowest BCUT2D eigenvalue weighted by molar-refractivity contribution is -0.113. The van der Waals surface area contributed by atoms with Crippen molar-refractivity contribution in [3.05, 3.63) is 36.7 Å². The summed E-state index contributed by atoms with van der Waals surface area (Å²) in [6.07, 6.45) is 4.13. The Balaban J connectivity index is 1.61. The van der Waals surface area contributed by atoms with Gasteiger partial charge >= 0.3 is 0 Å². The summed E-state index contributed by atoms with van der Waals surface area (Å²) in [4.78, 5) is 12.4. The molecule has 1 N–H and O–H groups in total. The Morgan fingerprint density at radius 2 is 2.04 bits per heavy atom. The molecule has 0 spiro atoms. The van der Waals surface area contributed by atoms with Gasteiger partial charge in [0, 0.05) is 24.2 Å². The van der Waals surface area contributed by atoms with E-state index in [0.717, 1.165) is 23.8 Å². The molecule has 7 nitrogen and oxygen atoms in total. The molecule has 1 aliphatic rings. The van der Waals surface area contributed by atoms with Crippen molar-refractivity contribution in [3.63, 3.8) is 0 Å². The van der Waals surface area contributed by atoms with Crippen molar-refractivity contribution in [2.24, 2.45) is 0 Å². The van der Waals surface area contributed by atoms with E-state index in [9.17, 15) is 4.79 Å². The topological polar surface area (TPSA) is 78.3 Å². The van der Waals surface area contributed by atoms with E-state index >= 15 is 0 Å². The maximum atomic E-state index is 12.4. The number of benzene rings is 1. The molecule has 0 atom stereocenters. The van der Waals surface area contributed by atoms with Crippen LogP contribution in [0.25, 0.3) is 0 Å². The van der Waals surface area contributed by atoms with Crippen molar-refractivity contribution >= 4 is 23.4 Å². The van der Waals surface area contributed by atoms with Crippen LogP contribution in [0, 0.1) is 0 Å². The molecule has 2 aromatic rings. The van der Waals surface area contributed by atoms with Crippen LogP contribution in [0.5, 0.6) is 11.5 Å². The second-order valence-electron chi connectivity index (χ2n) is 6.38. The molecular weight excluding hydrogens is 376 g/mol. The zero-order valence-electron chi connectivity index (χ0n) is 16.3. The first kappa shape index (κ1) is 20.3. The van der Waals surface area contributed by atoms with Crippen LogP contribution in [-0.4, -0.2) is 39.6 Å². The number of carbonyl (C=O) groups excluding carboxylic acids is 1. The molecule has 28 heavy (non-hydrogen) atoms. The highest BCUT2D eigenvalue weighted by Crippen LogP contribution is 2.40. The number of amides is 1. The Bertz CT molecular complexity index is 833. The van der Waals surface area contributed by atoms with Crippen LogP contribution in [0.15, 0.2) is 36.0 Å². The number of nitrogens with one attached hydrogen (secondary N) is 1. The number of ether oxygens (including phenoxy) is 2. The molecule has 3 rings (SSSR count). The van der Waals surface area contributed by atoms with E-state index in [1.165, 1.54) is 11.8 Å². The van der Waals surface area contributed by atoms with Gasteiger partial charge in [-0.1, -0.05) is 17.8 Å². The van der Waals surface area contributed by atoms with Crippen molar-refractivity contribution < 1.29 is 14.3 Å². The van der Waals surface area contributed by atoms with Gasteiger partial charge in [-0.2, -0.15) is 0 Å². The summed E-state index contributed by atoms with van der Waals surface area (Å²) in [5, 5.41) is 12.2. The molecule has 1 fully saturated rings. The molecule has 1 heterocycles. The molecule has 1 aromatic heterocycles. The van der Waals surface area contributed by atoms with Gasteiger partial charge in [-0.05, 0) is 38.8 Å². The van der Waals surface area contributed by atoms with Gasteiger partial charge in [-0.15, -0.1) is 16.8 Å². The van der Waals surface area contributed by atoms with Gasteiger partial charge in [-0.3, -0.25) is 4.79 Å². The first-order chi connectivity index (χ1) is 13.7. The lowest BCUT2D eigenvalue weighted by atomic mass is 10.2. The second-order valence-corrected chi connectivity index (χ2v) is 7.32. The van der Waals surface area contributed by atoms with Crippen LogP contribution in [0.4, 0.5) is 5.69 Å². The van der Waals surface area contributed by atoms with Crippen LogP contribution in [0.1, 0.15) is 38.4 Å². The molecule has 1 aromatic carbocycles. The number of hydrogen-bond donors (Lipinski definition) is 1. The minimum absolute atomic E-state index is 0.113. The third-order valence-corrected chi connectivity index (χ3v) is 5.13. The molecule has 0 radical (unpaired) electrons. The third-order valence-electron chi connectivity index (χ3n) is 4.16. The van der Waals surface area contributed by atoms with E-state index in [1.807, 2.05) is 30.6 Å². The van der Waals surface area contributed by atoms with Gasteiger partial charge in [-0.25, -0.2) is 0 Å². The highest BCUT2D eigenvalue weighted by atomic mass is 32.2. The molecular formula is C20H26N4O3S. The molecule has 0 aliphatic heterocycles. The van der Waals surface area contributed by atoms with Crippen molar-refractivity contribution in [1.82, 2.24) is 14.8 Å². The molecule has 1 aliphatic carbocycles. The summed E-state index contributed by atoms with van der Waals surface area (Å²) in [5.41, 5.74) is 0.670. The number of hydrogen-bond acceptors (Lipinski definition) is 6. The van der Waals surface area contributed by atoms with Gasteiger partial charge in [0.25, 0.3) is 0 Å². The largest absolute Gasteiger partial charge is 0.490 e. The Morgan fingerprint density at radius 1 is 1.29 bits per heavy atom. The van der Waals surface area contributed by atoms with Crippen molar-refractivity contribution in [3.8, 4) is 11.5 Å². The number of rotatable bonds is 11. The number of carbonyl (C=O) groups is 1. The second kappa shape index (κ2) is 9.64. The minimum atomic E-state index is -0.113. The monoisotopic (exact) mass is 402 g/mol. The quantitative estimate of drug-likeness (QED) is 0.454. The zero-order valence-corrected chi connectivity index (χ0v) is 17.1. The fourth-order valence-corrected chi connectivity index (χ4v) is 3.56. The first-order valence-electron chi connectivity index (χ1n) is 9.52. The highest BCUT2D eigenvalue weighted by Gasteiger charge is 2.30. The van der Waals surface area contributed by atoms with Gasteiger partial charge in [0.05, 0.1) is 19.0 Å². The van der Waals surface area contributed by atoms with Crippen LogP contribution < -0.4 is 14.8 Å². The van der Waals surface area contributed by atoms with E-state index in [4.69, 9.17) is 9.47 Å². The zero-order chi connectivity index (χ0) is 19.9. The number of aromatic nitrogens is 3. The highest BCUT2D eigenvalue weighted by molar-refractivity contribution is 7.99. The first-order valence-corrected chi connectivity index (χ1v) is 10.5. The summed E-state index contributed by atoms with van der Waals surface area (Å²) in [6, 6.07) is 5.39. The lowest BCUT2D eigenvalue weighted by Crippen LogP contribution is -2.15. The Morgan fingerprint density at radius 3 is 2.71 bits per heavy atom. The minimum Gasteiger partial charge on any atom is -0.490 e. The van der Waals surface area contributed by atoms with Crippen molar-refractivity contribution in [1.29, 1.82) is 0 Å². The fraction of sp³-hybridized carbons (Fsp3) is 0.450. The van der Waals surface area contributed by atoms with E-state index in [0.29, 0.717) is 42.9 Å². The number of allylic oxidation sites excluding steroid dienone is 1. The van der Waals surface area contributed by atoms with Gasteiger partial charge in [0.2, 0.25) is 5.91 Å². The smallest absolute Gasteiger partial charge is 0.234 e. The molecule has 1 amide bonds. The van der Waals surface area contributed by atoms with Crippen molar-refractivity contribution in [2.45, 2.75) is 44.3 Å². The standard InChI is InChI=1S/C20H26N4O3S/c1-4-11-24-19(14-7-8-14)22-23-20(24)28-13-18(25)21-15-9-10-16(26-5-2)17(12-15)27-6-3/h4,9-10,12,14H,1,5-8,11,13H2,2-3H3,(H,21,25). The summed E-state index contributed by atoms with van der Waals surface area (Å²) >= 11 is 1.38. The average Bonchev–Trinajstić information content (AvgIpc) is 3.44. The maximum Gasteiger partial charge on any atom is 0.234 e. The van der Waals surface area contributed by atoms with E-state index < -0.39 is 0 Å². The molecule has 0 saturated heterocycles. The summed E-state index contributed by atoms with van der Waals surface area (Å²) in [6.45, 7) is 9.36. The lowest BCUT2D eigenvalue weighted by Gasteiger charge is -2.13.